The van der Waals surface area contributed by atoms with Crippen molar-refractivity contribution < 1.29 is 18.8 Å². The van der Waals surface area contributed by atoms with Gasteiger partial charge in [-0.1, -0.05) is 24.3 Å². The van der Waals surface area contributed by atoms with E-state index in [4.69, 9.17) is 4.74 Å². The van der Waals surface area contributed by atoms with Gasteiger partial charge in [-0.3, -0.25) is 14.9 Å². The first kappa shape index (κ1) is 21.3. The van der Waals surface area contributed by atoms with Gasteiger partial charge in [-0.15, -0.1) is 0 Å². The summed E-state index contributed by atoms with van der Waals surface area (Å²) in [4.78, 5) is 27.1. The topological polar surface area (TPSA) is 93.8 Å². The lowest BCUT2D eigenvalue weighted by molar-refractivity contribution is -0.384. The summed E-state index contributed by atoms with van der Waals surface area (Å²) in [6, 6.07) is 19.4. The zero-order valence-electron chi connectivity index (χ0n) is 16.5. The second-order valence-corrected chi connectivity index (χ2v) is 7.75. The van der Waals surface area contributed by atoms with Gasteiger partial charge in [0.15, 0.2) is 5.17 Å². The molecule has 0 spiro atoms. The summed E-state index contributed by atoms with van der Waals surface area (Å²) in [6.45, 7) is 0.270. The van der Waals surface area contributed by atoms with Crippen molar-refractivity contribution in [3.63, 3.8) is 0 Å². The van der Waals surface area contributed by atoms with Crippen LogP contribution in [0.4, 0.5) is 15.8 Å². The van der Waals surface area contributed by atoms with Crippen molar-refractivity contribution in [1.29, 1.82) is 0 Å². The molecule has 32 heavy (non-hydrogen) atoms. The van der Waals surface area contributed by atoms with Gasteiger partial charge in [0, 0.05) is 12.1 Å². The van der Waals surface area contributed by atoms with Gasteiger partial charge in [-0.25, -0.2) is 9.38 Å². The van der Waals surface area contributed by atoms with E-state index < -0.39 is 10.7 Å². The SMILES string of the molecule is O=C1NC(=Nc2ccccc2F)S/C1=C\c1ccc(OCc2ccc([N+](=O)[O-])cc2)cc1. The lowest BCUT2D eigenvalue weighted by atomic mass is 10.2. The number of carbonyl (C=O) groups excluding carboxylic acids is 1. The number of rotatable bonds is 6. The summed E-state index contributed by atoms with van der Waals surface area (Å²) in [7, 11) is 0. The number of halogens is 1. The Kier molecular flexibility index (Phi) is 6.27. The van der Waals surface area contributed by atoms with Crippen molar-refractivity contribution in [2.45, 2.75) is 6.61 Å². The van der Waals surface area contributed by atoms with Crippen LogP contribution < -0.4 is 10.1 Å². The monoisotopic (exact) mass is 449 g/mol. The molecule has 1 saturated heterocycles. The van der Waals surface area contributed by atoms with E-state index in [2.05, 4.69) is 10.3 Å². The lowest BCUT2D eigenvalue weighted by Gasteiger charge is -2.06. The summed E-state index contributed by atoms with van der Waals surface area (Å²) in [6.07, 6.45) is 1.71. The van der Waals surface area contributed by atoms with Crippen LogP contribution in [0.15, 0.2) is 82.7 Å². The Hall–Kier alpha value is -3.98. The molecule has 1 fully saturated rings. The maximum Gasteiger partial charge on any atom is 0.269 e. The van der Waals surface area contributed by atoms with Gasteiger partial charge in [-0.2, -0.15) is 0 Å². The smallest absolute Gasteiger partial charge is 0.269 e. The van der Waals surface area contributed by atoms with Crippen LogP contribution in [-0.2, 0) is 11.4 Å². The van der Waals surface area contributed by atoms with Crippen LogP contribution in [0.25, 0.3) is 6.08 Å². The van der Waals surface area contributed by atoms with Crippen LogP contribution in [0, 0.1) is 15.9 Å². The Morgan fingerprint density at radius 3 is 2.47 bits per heavy atom. The van der Waals surface area contributed by atoms with E-state index >= 15 is 0 Å². The fourth-order valence-electron chi connectivity index (χ4n) is 2.82. The van der Waals surface area contributed by atoms with Gasteiger partial charge in [0.1, 0.15) is 23.9 Å². The predicted octanol–water partition coefficient (Wildman–Crippen LogP) is 5.20. The average molecular weight is 449 g/mol. The minimum absolute atomic E-state index is 0.0297. The molecule has 0 aromatic heterocycles. The second kappa shape index (κ2) is 9.44. The number of non-ortho nitro benzene ring substituents is 1. The second-order valence-electron chi connectivity index (χ2n) is 6.71. The minimum atomic E-state index is -0.461. The zero-order valence-corrected chi connectivity index (χ0v) is 17.3. The Labute approximate surface area is 186 Å². The standard InChI is InChI=1S/C23H16FN3O4S/c24-19-3-1-2-4-20(19)25-23-26-22(28)21(32-23)13-15-7-11-18(12-8-15)31-14-16-5-9-17(10-6-16)27(29)30/h1-13H,14H2,(H,25,26,28)/b21-13-. The van der Waals surface area contributed by atoms with Crippen LogP contribution in [-0.4, -0.2) is 16.0 Å². The van der Waals surface area contributed by atoms with E-state index in [-0.39, 0.29) is 23.9 Å². The number of thioether (sulfide) groups is 1. The fraction of sp³-hybridized carbons (Fsp3) is 0.0435. The molecule has 1 amide bonds. The number of nitro groups is 1. The first-order valence-corrected chi connectivity index (χ1v) is 10.3. The van der Waals surface area contributed by atoms with Crippen molar-refractivity contribution >= 4 is 40.3 Å². The molecule has 1 aliphatic rings. The summed E-state index contributed by atoms with van der Waals surface area (Å²) in [5.41, 5.74) is 1.79. The van der Waals surface area contributed by atoms with E-state index in [1.807, 2.05) is 0 Å². The highest BCUT2D eigenvalue weighted by molar-refractivity contribution is 8.18. The number of para-hydroxylation sites is 1. The lowest BCUT2D eigenvalue weighted by Crippen LogP contribution is -2.19. The number of benzene rings is 3. The number of amides is 1. The first-order chi connectivity index (χ1) is 15.5. The number of hydrogen-bond donors (Lipinski definition) is 1. The molecular weight excluding hydrogens is 433 g/mol. The van der Waals surface area contributed by atoms with E-state index in [1.54, 1.807) is 54.6 Å². The number of nitrogens with zero attached hydrogens (tertiary/aromatic N) is 2. The Balaban J connectivity index is 1.39. The molecule has 9 heteroatoms. The largest absolute Gasteiger partial charge is 0.489 e. The molecule has 3 aromatic carbocycles. The quantitative estimate of drug-likeness (QED) is 0.317. The molecule has 160 valence electrons. The van der Waals surface area contributed by atoms with Gasteiger partial charge in [0.25, 0.3) is 11.6 Å². The van der Waals surface area contributed by atoms with Crippen molar-refractivity contribution in [3.8, 4) is 5.75 Å². The normalized spacial score (nSPS) is 15.7. The summed E-state index contributed by atoms with van der Waals surface area (Å²) in [5.74, 6) is -0.143. The third-order valence-corrected chi connectivity index (χ3v) is 5.37. The Morgan fingerprint density at radius 2 is 1.78 bits per heavy atom. The highest BCUT2D eigenvalue weighted by Gasteiger charge is 2.24. The Bertz CT molecular complexity index is 1220. The summed E-state index contributed by atoms with van der Waals surface area (Å²) >= 11 is 1.14. The molecule has 0 bridgehead atoms. The first-order valence-electron chi connectivity index (χ1n) is 9.48. The number of ether oxygens (including phenoxy) is 1. The number of nitrogens with one attached hydrogen (secondary N) is 1. The van der Waals surface area contributed by atoms with E-state index in [1.165, 1.54) is 24.3 Å². The highest BCUT2D eigenvalue weighted by atomic mass is 32.2. The molecule has 0 aliphatic carbocycles. The van der Waals surface area contributed by atoms with Crippen LogP contribution in [0.2, 0.25) is 0 Å². The van der Waals surface area contributed by atoms with Crippen LogP contribution in [0.3, 0.4) is 0 Å². The van der Waals surface area contributed by atoms with Gasteiger partial charge in [0.05, 0.1) is 9.83 Å². The summed E-state index contributed by atoms with van der Waals surface area (Å²) < 4.78 is 19.5. The molecule has 0 radical (unpaired) electrons. The van der Waals surface area contributed by atoms with Gasteiger partial charge >= 0.3 is 0 Å². The van der Waals surface area contributed by atoms with Gasteiger partial charge in [-0.05, 0) is 65.4 Å². The highest BCUT2D eigenvalue weighted by Crippen LogP contribution is 2.29. The van der Waals surface area contributed by atoms with Crippen molar-refractivity contribution in [1.82, 2.24) is 5.32 Å². The molecule has 0 atom stereocenters. The van der Waals surface area contributed by atoms with E-state index in [9.17, 15) is 19.3 Å². The molecule has 1 aliphatic heterocycles. The predicted molar refractivity (Wildman–Crippen MR) is 121 cm³/mol. The number of aliphatic imine (C=N–C) groups is 1. The summed E-state index contributed by atoms with van der Waals surface area (Å²) in [5, 5.41) is 13.7. The third-order valence-electron chi connectivity index (χ3n) is 4.46. The van der Waals surface area contributed by atoms with Crippen LogP contribution >= 0.6 is 11.8 Å². The van der Waals surface area contributed by atoms with Crippen molar-refractivity contribution in [2.24, 2.45) is 4.99 Å². The number of amidine groups is 1. The zero-order chi connectivity index (χ0) is 22.5. The molecule has 0 unspecified atom stereocenters. The fourth-order valence-corrected chi connectivity index (χ4v) is 3.66. The Morgan fingerprint density at radius 1 is 1.06 bits per heavy atom. The molecule has 4 rings (SSSR count). The molecule has 1 heterocycles. The molecular formula is C23H16FN3O4S. The average Bonchev–Trinajstić information content (AvgIpc) is 3.13. The van der Waals surface area contributed by atoms with Gasteiger partial charge < -0.3 is 10.1 Å². The maximum absolute atomic E-state index is 13.8. The van der Waals surface area contributed by atoms with Crippen LogP contribution in [0.5, 0.6) is 5.75 Å². The number of nitro benzene ring substituents is 1. The molecule has 0 saturated carbocycles. The van der Waals surface area contributed by atoms with Crippen LogP contribution in [0.1, 0.15) is 11.1 Å². The number of carbonyl (C=O) groups is 1. The maximum atomic E-state index is 13.8. The minimum Gasteiger partial charge on any atom is -0.489 e. The van der Waals surface area contributed by atoms with E-state index in [0.717, 1.165) is 22.9 Å². The molecule has 7 nitrogen and oxygen atoms in total. The van der Waals surface area contributed by atoms with Crippen molar-refractivity contribution in [2.75, 3.05) is 0 Å². The molecule has 3 aromatic rings. The van der Waals surface area contributed by atoms with Gasteiger partial charge in [0.2, 0.25) is 0 Å². The molecule has 1 N–H and O–H groups in total. The number of hydrogen-bond acceptors (Lipinski definition) is 6. The van der Waals surface area contributed by atoms with E-state index in [0.29, 0.717) is 15.8 Å². The third kappa shape index (κ3) is 5.19. The van der Waals surface area contributed by atoms with Crippen molar-refractivity contribution in [3.05, 3.63) is 105 Å².